The highest BCUT2D eigenvalue weighted by atomic mass is 16.5. The normalized spacial score (nSPS) is 17.2. The SMILES string of the molecule is COc1ccc(OCCC(C)C)c(N2CCC(COc3cccc(C(CC(=O)O)C4CC4)c3)CC2)c1. The van der Waals surface area contributed by atoms with Gasteiger partial charge in [0, 0.05) is 19.2 Å². The molecule has 2 aliphatic rings. The molecular formula is C30H41NO5. The zero-order valence-electron chi connectivity index (χ0n) is 21.9. The molecule has 4 rings (SSSR count). The minimum absolute atomic E-state index is 0.0918. The summed E-state index contributed by atoms with van der Waals surface area (Å²) in [6, 6.07) is 14.2. The molecule has 6 nitrogen and oxygen atoms in total. The van der Waals surface area contributed by atoms with Crippen LogP contribution in [-0.4, -0.2) is 44.5 Å². The Labute approximate surface area is 215 Å². The van der Waals surface area contributed by atoms with E-state index in [4.69, 9.17) is 14.2 Å². The summed E-state index contributed by atoms with van der Waals surface area (Å²) in [5.41, 5.74) is 2.20. The highest BCUT2D eigenvalue weighted by molar-refractivity contribution is 5.68. The smallest absolute Gasteiger partial charge is 0.303 e. The highest BCUT2D eigenvalue weighted by Gasteiger charge is 2.34. The maximum Gasteiger partial charge on any atom is 0.303 e. The zero-order chi connectivity index (χ0) is 25.5. The molecule has 1 saturated heterocycles. The van der Waals surface area contributed by atoms with E-state index >= 15 is 0 Å². The van der Waals surface area contributed by atoms with E-state index in [1.165, 1.54) is 0 Å². The van der Waals surface area contributed by atoms with Crippen molar-refractivity contribution in [1.82, 2.24) is 0 Å². The Morgan fingerprint density at radius 2 is 1.81 bits per heavy atom. The molecule has 2 aromatic carbocycles. The monoisotopic (exact) mass is 495 g/mol. The fourth-order valence-corrected chi connectivity index (χ4v) is 5.03. The molecule has 2 aromatic rings. The summed E-state index contributed by atoms with van der Waals surface area (Å²) >= 11 is 0. The van der Waals surface area contributed by atoms with Gasteiger partial charge in [-0.1, -0.05) is 26.0 Å². The first-order valence-electron chi connectivity index (χ1n) is 13.4. The molecule has 1 heterocycles. The summed E-state index contributed by atoms with van der Waals surface area (Å²) in [4.78, 5) is 13.7. The van der Waals surface area contributed by atoms with Gasteiger partial charge >= 0.3 is 5.97 Å². The van der Waals surface area contributed by atoms with Crippen LogP contribution in [0.5, 0.6) is 17.2 Å². The Kier molecular flexibility index (Phi) is 9.00. The van der Waals surface area contributed by atoms with Gasteiger partial charge in [0.25, 0.3) is 0 Å². The number of carboxylic acids is 1. The summed E-state index contributed by atoms with van der Waals surface area (Å²) < 4.78 is 17.8. The third kappa shape index (κ3) is 7.31. The number of hydrogen-bond donors (Lipinski definition) is 1. The number of methoxy groups -OCH3 is 1. The molecule has 0 spiro atoms. The van der Waals surface area contributed by atoms with Gasteiger partial charge in [0.1, 0.15) is 17.2 Å². The molecule has 6 heteroatoms. The lowest BCUT2D eigenvalue weighted by molar-refractivity contribution is -0.137. The van der Waals surface area contributed by atoms with Crippen LogP contribution >= 0.6 is 0 Å². The molecule has 1 N–H and O–H groups in total. The van der Waals surface area contributed by atoms with E-state index in [1.54, 1.807) is 7.11 Å². The molecule has 1 atom stereocenters. The van der Waals surface area contributed by atoms with E-state index in [1.807, 2.05) is 30.3 Å². The van der Waals surface area contributed by atoms with Crippen molar-refractivity contribution in [3.05, 3.63) is 48.0 Å². The second kappa shape index (κ2) is 12.4. The Hall–Kier alpha value is -2.89. The second-order valence-corrected chi connectivity index (χ2v) is 10.7. The van der Waals surface area contributed by atoms with Gasteiger partial charge in [-0.3, -0.25) is 4.79 Å². The number of carbonyl (C=O) groups is 1. The average Bonchev–Trinajstić information content (AvgIpc) is 3.72. The first-order chi connectivity index (χ1) is 17.4. The van der Waals surface area contributed by atoms with Crippen molar-refractivity contribution in [1.29, 1.82) is 0 Å². The van der Waals surface area contributed by atoms with E-state index in [0.717, 1.165) is 73.7 Å². The number of ether oxygens (including phenoxy) is 3. The molecular weight excluding hydrogens is 454 g/mol. The molecule has 196 valence electrons. The lowest BCUT2D eigenvalue weighted by atomic mass is 9.91. The molecule has 1 aliphatic heterocycles. The van der Waals surface area contributed by atoms with Crippen molar-refractivity contribution >= 4 is 11.7 Å². The van der Waals surface area contributed by atoms with Crippen molar-refractivity contribution in [2.24, 2.45) is 17.8 Å². The molecule has 0 aromatic heterocycles. The van der Waals surface area contributed by atoms with Gasteiger partial charge in [0.15, 0.2) is 0 Å². The van der Waals surface area contributed by atoms with Crippen LogP contribution in [-0.2, 0) is 4.79 Å². The van der Waals surface area contributed by atoms with Gasteiger partial charge in [-0.2, -0.15) is 0 Å². The fraction of sp³-hybridized carbons (Fsp3) is 0.567. The van der Waals surface area contributed by atoms with E-state index in [0.29, 0.717) is 31.0 Å². The Balaban J connectivity index is 1.32. The van der Waals surface area contributed by atoms with E-state index in [-0.39, 0.29) is 12.3 Å². The Morgan fingerprint density at radius 3 is 2.47 bits per heavy atom. The number of nitrogens with zero attached hydrogens (tertiary/aromatic N) is 1. The highest BCUT2D eigenvalue weighted by Crippen LogP contribution is 2.45. The molecule has 1 unspecified atom stereocenters. The lowest BCUT2D eigenvalue weighted by Crippen LogP contribution is -2.35. The van der Waals surface area contributed by atoms with E-state index in [9.17, 15) is 9.90 Å². The fourth-order valence-electron chi connectivity index (χ4n) is 5.03. The van der Waals surface area contributed by atoms with Crippen LogP contribution in [0.2, 0.25) is 0 Å². The first kappa shape index (κ1) is 26.2. The van der Waals surface area contributed by atoms with Crippen molar-refractivity contribution in [3.8, 4) is 17.2 Å². The number of aliphatic carboxylic acids is 1. The van der Waals surface area contributed by atoms with Gasteiger partial charge in [-0.25, -0.2) is 0 Å². The second-order valence-electron chi connectivity index (χ2n) is 10.7. The molecule has 2 fully saturated rings. The van der Waals surface area contributed by atoms with Crippen LogP contribution in [0.15, 0.2) is 42.5 Å². The summed E-state index contributed by atoms with van der Waals surface area (Å²) in [7, 11) is 1.70. The summed E-state index contributed by atoms with van der Waals surface area (Å²) in [6.07, 6.45) is 5.57. The van der Waals surface area contributed by atoms with Gasteiger partial charge in [0.2, 0.25) is 0 Å². The Bertz CT molecular complexity index is 995. The number of carboxylic acid groups (broad SMARTS) is 1. The lowest BCUT2D eigenvalue weighted by Gasteiger charge is -2.34. The van der Waals surface area contributed by atoms with Crippen molar-refractivity contribution in [3.63, 3.8) is 0 Å². The standard InChI is InChI=1S/C30H41NO5/c1-21(2)13-16-35-29-10-9-25(34-3)18-28(29)31-14-11-22(12-15-31)20-36-26-6-4-5-24(17-26)27(19-30(32)33)23-7-8-23/h4-6,9-10,17-18,21-23,27H,7-8,11-16,19-20H2,1-3H3,(H,32,33). The zero-order valence-corrected chi connectivity index (χ0v) is 21.9. The third-order valence-corrected chi connectivity index (χ3v) is 7.43. The average molecular weight is 496 g/mol. The third-order valence-electron chi connectivity index (χ3n) is 7.43. The number of hydrogen-bond acceptors (Lipinski definition) is 5. The van der Waals surface area contributed by atoms with Crippen LogP contribution in [0.1, 0.15) is 63.9 Å². The topological polar surface area (TPSA) is 68.2 Å². The Morgan fingerprint density at radius 1 is 1.03 bits per heavy atom. The number of benzene rings is 2. The van der Waals surface area contributed by atoms with Crippen molar-refractivity contribution < 1.29 is 24.1 Å². The molecule has 36 heavy (non-hydrogen) atoms. The minimum atomic E-state index is -0.727. The number of piperidine rings is 1. The van der Waals surface area contributed by atoms with E-state index < -0.39 is 5.97 Å². The summed E-state index contributed by atoms with van der Waals surface area (Å²) in [5, 5.41) is 9.33. The van der Waals surface area contributed by atoms with E-state index in [2.05, 4.69) is 30.9 Å². The molecule has 0 amide bonds. The number of anilines is 1. The van der Waals surface area contributed by atoms with Gasteiger partial charge in [-0.15, -0.1) is 0 Å². The largest absolute Gasteiger partial charge is 0.497 e. The minimum Gasteiger partial charge on any atom is -0.497 e. The molecule has 0 radical (unpaired) electrons. The van der Waals surface area contributed by atoms with Crippen LogP contribution in [0.4, 0.5) is 5.69 Å². The molecule has 0 bridgehead atoms. The molecule has 1 saturated carbocycles. The predicted octanol–water partition coefficient (Wildman–Crippen LogP) is 6.38. The van der Waals surface area contributed by atoms with Crippen molar-refractivity contribution in [2.75, 3.05) is 38.3 Å². The van der Waals surface area contributed by atoms with Gasteiger partial charge < -0.3 is 24.2 Å². The van der Waals surface area contributed by atoms with Crippen LogP contribution in [0.3, 0.4) is 0 Å². The van der Waals surface area contributed by atoms with Crippen LogP contribution in [0, 0.1) is 17.8 Å². The van der Waals surface area contributed by atoms with Crippen LogP contribution < -0.4 is 19.1 Å². The van der Waals surface area contributed by atoms with Gasteiger partial charge in [-0.05, 0) is 85.6 Å². The summed E-state index contributed by atoms with van der Waals surface area (Å²) in [5.74, 6) is 3.58. The van der Waals surface area contributed by atoms with Crippen LogP contribution in [0.25, 0.3) is 0 Å². The predicted molar refractivity (Wildman–Crippen MR) is 143 cm³/mol. The maximum absolute atomic E-state index is 11.3. The maximum atomic E-state index is 11.3. The first-order valence-corrected chi connectivity index (χ1v) is 13.4. The van der Waals surface area contributed by atoms with Gasteiger partial charge in [0.05, 0.1) is 32.4 Å². The summed E-state index contributed by atoms with van der Waals surface area (Å²) in [6.45, 7) is 7.72. The molecule has 1 aliphatic carbocycles. The number of rotatable bonds is 13. The van der Waals surface area contributed by atoms with Crippen molar-refractivity contribution in [2.45, 2.75) is 58.3 Å². The quantitative estimate of drug-likeness (QED) is 0.348.